The molecule has 0 aliphatic carbocycles. The summed E-state index contributed by atoms with van der Waals surface area (Å²) in [6, 6.07) is 4.86. The molecule has 0 N–H and O–H groups in total. The van der Waals surface area contributed by atoms with Gasteiger partial charge in [-0.1, -0.05) is 25.8 Å². The Kier molecular flexibility index (Phi) is 11.5. The van der Waals surface area contributed by atoms with Crippen LogP contribution in [0.25, 0.3) is 0 Å². The summed E-state index contributed by atoms with van der Waals surface area (Å²) in [4.78, 5) is 15.1. The van der Waals surface area contributed by atoms with E-state index in [9.17, 15) is 4.79 Å². The minimum atomic E-state index is -0.398. The Labute approximate surface area is 162 Å². The molecule has 0 radical (unpaired) electrons. The quantitative estimate of drug-likeness (QED) is 0.361. The van der Waals surface area contributed by atoms with E-state index >= 15 is 0 Å². The van der Waals surface area contributed by atoms with E-state index in [1.807, 2.05) is 4.90 Å². The largest absolute Gasteiger partial charge is 0.493 e. The molecule has 0 aliphatic rings. The topological polar surface area (TPSA) is 66.5 Å². The average Bonchev–Trinajstić information content (AvgIpc) is 2.69. The lowest BCUT2D eigenvalue weighted by atomic mass is 10.1. The summed E-state index contributed by atoms with van der Waals surface area (Å²) in [5, 5.41) is 0. The Balaban J connectivity index is 3.05. The van der Waals surface area contributed by atoms with Crippen LogP contribution >= 0.6 is 0 Å². The molecule has 1 rings (SSSR count). The van der Waals surface area contributed by atoms with Crippen LogP contribution in [0.4, 0.5) is 0 Å². The van der Waals surface area contributed by atoms with E-state index in [4.69, 9.17) is 23.7 Å². The molecule has 0 unspecified atom stereocenters. The smallest absolute Gasteiger partial charge is 0.329 e. The lowest BCUT2D eigenvalue weighted by Crippen LogP contribution is -2.46. The molecule has 1 aromatic carbocycles. The number of unbranched alkanes of at least 4 members (excludes halogenated alkanes) is 1. The number of carbonyl (C=O) groups excluding carboxylic acids is 1. The Morgan fingerprint density at radius 3 is 2.00 bits per heavy atom. The van der Waals surface area contributed by atoms with Crippen LogP contribution in [0.15, 0.2) is 18.2 Å². The standard InChI is InChI=1S/C20H33NO6/c1-6-7-9-16(21(12-14-23-2)13-15-24-3)20(22)27-19-17(25-4)10-8-11-18(19)26-5/h8,10-11,16H,6-7,9,12-15H2,1-5H3/t16-/m1/s1. The van der Waals surface area contributed by atoms with Gasteiger partial charge in [0.25, 0.3) is 0 Å². The van der Waals surface area contributed by atoms with E-state index in [1.54, 1.807) is 32.4 Å². The zero-order chi connectivity index (χ0) is 20.1. The summed E-state index contributed by atoms with van der Waals surface area (Å²) in [6.07, 6.45) is 2.60. The predicted octanol–water partition coefficient (Wildman–Crippen LogP) is 2.76. The Morgan fingerprint density at radius 1 is 1.00 bits per heavy atom. The molecule has 0 aliphatic heterocycles. The van der Waals surface area contributed by atoms with Gasteiger partial charge in [-0.05, 0) is 18.6 Å². The number of benzene rings is 1. The zero-order valence-electron chi connectivity index (χ0n) is 17.2. The number of para-hydroxylation sites is 1. The molecule has 7 nitrogen and oxygen atoms in total. The lowest BCUT2D eigenvalue weighted by Gasteiger charge is -2.30. The second-order valence-corrected chi connectivity index (χ2v) is 6.09. The second kappa shape index (κ2) is 13.4. The van der Waals surface area contributed by atoms with Gasteiger partial charge in [-0.2, -0.15) is 0 Å². The van der Waals surface area contributed by atoms with Crippen molar-refractivity contribution >= 4 is 5.97 Å². The van der Waals surface area contributed by atoms with Gasteiger partial charge in [0.05, 0.1) is 27.4 Å². The van der Waals surface area contributed by atoms with Crippen LogP contribution < -0.4 is 14.2 Å². The van der Waals surface area contributed by atoms with Crippen molar-refractivity contribution in [1.29, 1.82) is 0 Å². The molecule has 0 aromatic heterocycles. The molecule has 0 amide bonds. The summed E-state index contributed by atoms with van der Waals surface area (Å²) >= 11 is 0. The summed E-state index contributed by atoms with van der Waals surface area (Å²) in [5.41, 5.74) is 0. The van der Waals surface area contributed by atoms with Crippen LogP contribution in [0.3, 0.4) is 0 Å². The third-order valence-corrected chi connectivity index (χ3v) is 4.29. The normalized spacial score (nSPS) is 12.1. The monoisotopic (exact) mass is 383 g/mol. The number of nitrogens with zero attached hydrogens (tertiary/aromatic N) is 1. The fourth-order valence-corrected chi connectivity index (χ4v) is 2.77. The summed E-state index contributed by atoms with van der Waals surface area (Å²) in [7, 11) is 6.36. The maximum Gasteiger partial charge on any atom is 0.329 e. The molecular formula is C20H33NO6. The van der Waals surface area contributed by atoms with E-state index < -0.39 is 6.04 Å². The van der Waals surface area contributed by atoms with E-state index in [-0.39, 0.29) is 5.97 Å². The minimum absolute atomic E-state index is 0.299. The highest BCUT2D eigenvalue weighted by Gasteiger charge is 2.29. The van der Waals surface area contributed by atoms with E-state index in [0.717, 1.165) is 12.8 Å². The van der Waals surface area contributed by atoms with Gasteiger partial charge in [0, 0.05) is 27.3 Å². The van der Waals surface area contributed by atoms with Crippen molar-refractivity contribution in [1.82, 2.24) is 4.90 Å². The highest BCUT2D eigenvalue weighted by atomic mass is 16.6. The van der Waals surface area contributed by atoms with Crippen LogP contribution in [0.1, 0.15) is 26.2 Å². The van der Waals surface area contributed by atoms with Crippen molar-refractivity contribution in [3.8, 4) is 17.2 Å². The maximum absolute atomic E-state index is 13.1. The van der Waals surface area contributed by atoms with Crippen molar-refractivity contribution in [2.24, 2.45) is 0 Å². The van der Waals surface area contributed by atoms with Crippen molar-refractivity contribution < 1.29 is 28.5 Å². The number of hydrogen-bond donors (Lipinski definition) is 0. The molecule has 1 aromatic rings. The molecule has 7 heteroatoms. The fraction of sp³-hybridized carbons (Fsp3) is 0.650. The average molecular weight is 383 g/mol. The Morgan fingerprint density at radius 2 is 1.56 bits per heavy atom. The molecular weight excluding hydrogens is 350 g/mol. The molecule has 0 fully saturated rings. The van der Waals surface area contributed by atoms with Crippen LogP contribution in [-0.2, 0) is 14.3 Å². The van der Waals surface area contributed by atoms with Gasteiger partial charge in [-0.25, -0.2) is 4.79 Å². The first-order chi connectivity index (χ1) is 13.1. The fourth-order valence-electron chi connectivity index (χ4n) is 2.77. The van der Waals surface area contributed by atoms with Crippen LogP contribution in [0.2, 0.25) is 0 Å². The zero-order valence-corrected chi connectivity index (χ0v) is 17.2. The molecule has 0 spiro atoms. The molecule has 27 heavy (non-hydrogen) atoms. The third-order valence-electron chi connectivity index (χ3n) is 4.29. The van der Waals surface area contributed by atoms with Crippen molar-refractivity contribution in [2.75, 3.05) is 54.7 Å². The first-order valence-corrected chi connectivity index (χ1v) is 9.27. The Hall–Kier alpha value is -1.83. The molecule has 0 bridgehead atoms. The van der Waals surface area contributed by atoms with Gasteiger partial charge < -0.3 is 23.7 Å². The van der Waals surface area contributed by atoms with Crippen molar-refractivity contribution in [3.05, 3.63) is 18.2 Å². The van der Waals surface area contributed by atoms with Gasteiger partial charge >= 0.3 is 5.97 Å². The first-order valence-electron chi connectivity index (χ1n) is 9.27. The number of methoxy groups -OCH3 is 4. The number of rotatable bonds is 14. The molecule has 0 saturated heterocycles. The minimum Gasteiger partial charge on any atom is -0.493 e. The van der Waals surface area contributed by atoms with Crippen molar-refractivity contribution in [2.45, 2.75) is 32.2 Å². The molecule has 0 saturated carbocycles. The van der Waals surface area contributed by atoms with E-state index in [0.29, 0.717) is 50.0 Å². The van der Waals surface area contributed by atoms with E-state index in [2.05, 4.69) is 6.92 Å². The summed E-state index contributed by atoms with van der Waals surface area (Å²) in [5.74, 6) is 0.875. The van der Waals surface area contributed by atoms with Crippen molar-refractivity contribution in [3.63, 3.8) is 0 Å². The maximum atomic E-state index is 13.1. The predicted molar refractivity (Wildman–Crippen MR) is 104 cm³/mol. The molecule has 0 heterocycles. The van der Waals surface area contributed by atoms with Crippen LogP contribution in [-0.4, -0.2) is 71.7 Å². The number of carbonyl (C=O) groups is 1. The van der Waals surface area contributed by atoms with Gasteiger partial charge in [-0.15, -0.1) is 0 Å². The van der Waals surface area contributed by atoms with Gasteiger partial charge in [0.15, 0.2) is 11.5 Å². The Bertz CT molecular complexity index is 521. The lowest BCUT2D eigenvalue weighted by molar-refractivity contribution is -0.141. The van der Waals surface area contributed by atoms with Gasteiger partial charge in [0.1, 0.15) is 6.04 Å². The first kappa shape index (κ1) is 23.2. The van der Waals surface area contributed by atoms with Crippen LogP contribution in [0, 0.1) is 0 Å². The van der Waals surface area contributed by atoms with Gasteiger partial charge in [0.2, 0.25) is 5.75 Å². The highest BCUT2D eigenvalue weighted by molar-refractivity contribution is 5.79. The summed E-state index contributed by atoms with van der Waals surface area (Å²) < 4.78 is 26.8. The summed E-state index contributed by atoms with van der Waals surface area (Å²) in [6.45, 7) is 4.38. The molecule has 154 valence electrons. The van der Waals surface area contributed by atoms with Crippen LogP contribution in [0.5, 0.6) is 17.2 Å². The molecule has 1 atom stereocenters. The SMILES string of the molecule is CCCC[C@H](C(=O)Oc1c(OC)cccc1OC)N(CCOC)CCOC. The third kappa shape index (κ3) is 7.36. The van der Waals surface area contributed by atoms with E-state index in [1.165, 1.54) is 14.2 Å². The number of esters is 1. The highest BCUT2D eigenvalue weighted by Crippen LogP contribution is 2.37. The number of ether oxygens (including phenoxy) is 5. The second-order valence-electron chi connectivity index (χ2n) is 6.09. The number of hydrogen-bond acceptors (Lipinski definition) is 7. The van der Waals surface area contributed by atoms with Gasteiger partial charge in [-0.3, -0.25) is 4.90 Å².